The minimum Gasteiger partial charge on any atom is -0.490 e. The molecule has 0 bridgehead atoms. The van der Waals surface area contributed by atoms with E-state index in [1.54, 1.807) is 12.1 Å². The zero-order chi connectivity index (χ0) is 26.5. The number of amides is 1. The number of aliphatic hydroxyl groups excluding tert-OH is 1. The Morgan fingerprint density at radius 1 is 0.921 bits per heavy atom. The van der Waals surface area contributed by atoms with Crippen molar-refractivity contribution in [2.75, 3.05) is 6.61 Å². The van der Waals surface area contributed by atoms with Gasteiger partial charge in [-0.2, -0.15) is 0 Å². The van der Waals surface area contributed by atoms with Gasteiger partial charge in [0.05, 0.1) is 24.3 Å². The van der Waals surface area contributed by atoms with Crippen LogP contribution in [-0.4, -0.2) is 34.8 Å². The lowest BCUT2D eigenvalue weighted by Gasteiger charge is -2.19. The molecule has 1 aromatic heterocycles. The van der Waals surface area contributed by atoms with Crippen LogP contribution >= 0.6 is 0 Å². The van der Waals surface area contributed by atoms with E-state index in [1.165, 1.54) is 5.39 Å². The predicted octanol–water partition coefficient (Wildman–Crippen LogP) is 5.84. The molecule has 0 fully saturated rings. The topological polar surface area (TPSA) is 74.3 Å². The highest BCUT2D eigenvalue weighted by Gasteiger charge is 2.19. The number of carbonyl (C=O) groups excluding carboxylic acids is 1. The number of aromatic nitrogens is 1. The van der Waals surface area contributed by atoms with Crippen molar-refractivity contribution >= 4 is 27.6 Å². The third-order valence-electron chi connectivity index (χ3n) is 6.38. The zero-order valence-electron chi connectivity index (χ0n) is 21.5. The predicted molar refractivity (Wildman–Crippen MR) is 152 cm³/mol. The lowest BCUT2D eigenvalue weighted by molar-refractivity contribution is 0.0910. The highest BCUT2D eigenvalue weighted by Crippen LogP contribution is 2.23. The second-order valence-corrected chi connectivity index (χ2v) is 9.61. The van der Waals surface area contributed by atoms with Gasteiger partial charge in [0.1, 0.15) is 5.75 Å². The van der Waals surface area contributed by atoms with Crippen LogP contribution in [0.3, 0.4) is 0 Å². The van der Waals surface area contributed by atoms with Crippen LogP contribution in [0, 0.1) is 11.8 Å². The number of rotatable bonds is 7. The van der Waals surface area contributed by atoms with Crippen LogP contribution < -0.4 is 10.1 Å². The molecule has 0 radical (unpaired) electrons. The third-order valence-corrected chi connectivity index (χ3v) is 6.38. The molecule has 1 atom stereocenters. The summed E-state index contributed by atoms with van der Waals surface area (Å²) in [6, 6.07) is 27.2. The Morgan fingerprint density at radius 3 is 2.42 bits per heavy atom. The molecular weight excluding hydrogens is 472 g/mol. The molecular formula is C33H30N2O3. The first kappa shape index (κ1) is 25.1. The fourth-order valence-electron chi connectivity index (χ4n) is 4.54. The number of carbonyl (C=O) groups is 1. The Kier molecular flexibility index (Phi) is 7.44. The summed E-state index contributed by atoms with van der Waals surface area (Å²) in [5, 5.41) is 16.4. The minimum atomic E-state index is -0.457. The number of ether oxygens (including phenoxy) is 1. The van der Waals surface area contributed by atoms with Gasteiger partial charge in [-0.15, -0.1) is 0 Å². The van der Waals surface area contributed by atoms with Crippen LogP contribution in [0.15, 0.2) is 91.1 Å². The molecule has 0 unspecified atom stereocenters. The van der Waals surface area contributed by atoms with E-state index >= 15 is 0 Å². The Morgan fingerprint density at radius 2 is 1.63 bits per heavy atom. The van der Waals surface area contributed by atoms with Crippen molar-refractivity contribution in [1.29, 1.82) is 0 Å². The number of nitrogens with one attached hydrogen (secondary N) is 2. The summed E-state index contributed by atoms with van der Waals surface area (Å²) in [6.07, 6.45) is 2.32. The van der Waals surface area contributed by atoms with Crippen LogP contribution in [-0.2, 0) is 6.42 Å². The fraction of sp³-hybridized carbons (Fsp3) is 0.182. The maximum absolute atomic E-state index is 13.4. The molecule has 190 valence electrons. The van der Waals surface area contributed by atoms with E-state index < -0.39 is 6.04 Å². The second kappa shape index (κ2) is 11.2. The van der Waals surface area contributed by atoms with Gasteiger partial charge in [0.25, 0.3) is 5.91 Å². The van der Waals surface area contributed by atoms with Crippen molar-refractivity contribution in [2.24, 2.45) is 0 Å². The summed E-state index contributed by atoms with van der Waals surface area (Å²) >= 11 is 0. The molecule has 5 rings (SSSR count). The smallest absolute Gasteiger partial charge is 0.255 e. The van der Waals surface area contributed by atoms with Gasteiger partial charge in [0.2, 0.25) is 0 Å². The largest absolute Gasteiger partial charge is 0.490 e. The SMILES string of the molecule is CC(C)Oc1ccc(C#Cc2ccc3ccccc3c2)cc1C(=O)N[C@@H](CO)Cc1c[nH]c2ccccc12. The molecule has 3 N–H and O–H groups in total. The van der Waals surface area contributed by atoms with E-state index in [2.05, 4.69) is 46.4 Å². The quantitative estimate of drug-likeness (QED) is 0.245. The van der Waals surface area contributed by atoms with Crippen molar-refractivity contribution in [1.82, 2.24) is 10.3 Å². The molecule has 0 saturated heterocycles. The second-order valence-electron chi connectivity index (χ2n) is 9.61. The van der Waals surface area contributed by atoms with E-state index in [9.17, 15) is 9.90 Å². The van der Waals surface area contributed by atoms with Gasteiger partial charge >= 0.3 is 0 Å². The van der Waals surface area contributed by atoms with Crippen LogP contribution in [0.2, 0.25) is 0 Å². The molecule has 5 nitrogen and oxygen atoms in total. The first-order valence-corrected chi connectivity index (χ1v) is 12.8. The normalized spacial score (nSPS) is 11.8. The first-order chi connectivity index (χ1) is 18.5. The van der Waals surface area contributed by atoms with Gasteiger partial charge in [-0.3, -0.25) is 4.79 Å². The van der Waals surface area contributed by atoms with E-state index in [0.29, 0.717) is 23.3 Å². The Balaban J connectivity index is 1.39. The van der Waals surface area contributed by atoms with Gasteiger partial charge < -0.3 is 20.1 Å². The lowest BCUT2D eigenvalue weighted by atomic mass is 10.0. The Labute approximate surface area is 222 Å². The van der Waals surface area contributed by atoms with E-state index in [1.807, 2.05) is 68.6 Å². The van der Waals surface area contributed by atoms with Crippen LogP contribution in [0.5, 0.6) is 5.75 Å². The zero-order valence-corrected chi connectivity index (χ0v) is 21.5. The summed E-state index contributed by atoms with van der Waals surface area (Å²) in [6.45, 7) is 3.65. The third kappa shape index (κ3) is 5.72. The summed E-state index contributed by atoms with van der Waals surface area (Å²) in [4.78, 5) is 16.7. The summed E-state index contributed by atoms with van der Waals surface area (Å²) < 4.78 is 5.93. The molecule has 0 aliphatic heterocycles. The number of hydrogen-bond acceptors (Lipinski definition) is 3. The standard InChI is InChI=1S/C33H30N2O3/c1-22(2)38-32-16-14-24(12-11-23-13-15-25-7-3-4-8-26(25)17-23)18-30(32)33(37)35-28(21-36)19-27-20-34-31-10-6-5-9-29(27)31/h3-10,13-18,20,22,28,34,36H,19,21H2,1-2H3,(H,35,37)/t28-/m1/s1. The van der Waals surface area contributed by atoms with Crippen molar-refractivity contribution in [3.05, 3.63) is 113 Å². The molecule has 0 saturated carbocycles. The summed E-state index contributed by atoms with van der Waals surface area (Å²) in [5.41, 5.74) is 4.05. The van der Waals surface area contributed by atoms with Crippen LogP contribution in [0.1, 0.15) is 40.9 Å². The molecule has 38 heavy (non-hydrogen) atoms. The average Bonchev–Trinajstić information content (AvgIpc) is 3.34. The van der Waals surface area contributed by atoms with Gasteiger partial charge in [-0.25, -0.2) is 0 Å². The van der Waals surface area contributed by atoms with Crippen molar-refractivity contribution < 1.29 is 14.6 Å². The molecule has 0 spiro atoms. The molecule has 5 heteroatoms. The summed E-state index contributed by atoms with van der Waals surface area (Å²) in [5.74, 6) is 6.57. The van der Waals surface area contributed by atoms with Crippen molar-refractivity contribution in [3.63, 3.8) is 0 Å². The summed E-state index contributed by atoms with van der Waals surface area (Å²) in [7, 11) is 0. The molecule has 5 aromatic rings. The van der Waals surface area contributed by atoms with E-state index in [4.69, 9.17) is 4.74 Å². The van der Waals surface area contributed by atoms with Crippen molar-refractivity contribution in [3.8, 4) is 17.6 Å². The van der Waals surface area contributed by atoms with E-state index in [0.717, 1.165) is 27.4 Å². The Hall–Kier alpha value is -4.53. The Bertz CT molecular complexity index is 1660. The van der Waals surface area contributed by atoms with Gasteiger partial charge in [-0.1, -0.05) is 60.4 Å². The molecule has 1 heterocycles. The van der Waals surface area contributed by atoms with Crippen LogP contribution in [0.25, 0.3) is 21.7 Å². The number of H-pyrrole nitrogens is 1. The first-order valence-electron chi connectivity index (χ1n) is 12.8. The number of para-hydroxylation sites is 1. The van der Waals surface area contributed by atoms with E-state index in [-0.39, 0.29) is 18.6 Å². The number of benzene rings is 4. The van der Waals surface area contributed by atoms with Gasteiger partial charge in [0.15, 0.2) is 0 Å². The minimum absolute atomic E-state index is 0.101. The number of aromatic amines is 1. The molecule has 4 aromatic carbocycles. The van der Waals surface area contributed by atoms with Crippen LogP contribution in [0.4, 0.5) is 0 Å². The fourth-order valence-corrected chi connectivity index (χ4v) is 4.54. The molecule has 0 aliphatic rings. The lowest BCUT2D eigenvalue weighted by Crippen LogP contribution is -2.39. The highest BCUT2D eigenvalue weighted by molar-refractivity contribution is 5.97. The maximum atomic E-state index is 13.4. The number of fused-ring (bicyclic) bond motifs is 2. The monoisotopic (exact) mass is 502 g/mol. The maximum Gasteiger partial charge on any atom is 0.255 e. The van der Waals surface area contributed by atoms with Crippen molar-refractivity contribution in [2.45, 2.75) is 32.4 Å². The highest BCUT2D eigenvalue weighted by atomic mass is 16.5. The number of hydrogen-bond donors (Lipinski definition) is 3. The van der Waals surface area contributed by atoms with Gasteiger partial charge in [0, 0.05) is 28.2 Å². The van der Waals surface area contributed by atoms with Gasteiger partial charge in [-0.05, 0) is 73.0 Å². The average molecular weight is 503 g/mol. The number of aliphatic hydroxyl groups is 1. The molecule has 0 aliphatic carbocycles. The molecule has 1 amide bonds.